The van der Waals surface area contributed by atoms with Crippen molar-refractivity contribution in [2.75, 3.05) is 6.61 Å². The van der Waals surface area contributed by atoms with Gasteiger partial charge in [0.25, 0.3) is 0 Å². The van der Waals surface area contributed by atoms with E-state index in [9.17, 15) is 0 Å². The predicted octanol–water partition coefficient (Wildman–Crippen LogP) is 3.36. The first-order valence-electron chi connectivity index (χ1n) is 6.47. The highest BCUT2D eigenvalue weighted by Gasteiger charge is 1.98. The van der Waals surface area contributed by atoms with E-state index in [1.54, 1.807) is 0 Å². The zero-order valence-corrected chi connectivity index (χ0v) is 11.5. The van der Waals surface area contributed by atoms with Gasteiger partial charge in [-0.3, -0.25) is 0 Å². The van der Waals surface area contributed by atoms with Crippen LogP contribution in [0, 0.1) is 5.92 Å². The van der Waals surface area contributed by atoms with Gasteiger partial charge in [-0.1, -0.05) is 52.0 Å². The molecule has 0 aliphatic carbocycles. The molecule has 0 heterocycles. The molecule has 0 bridgehead atoms. The second-order valence-electron chi connectivity index (χ2n) is 5.26. The zero-order chi connectivity index (χ0) is 12.7. The van der Waals surface area contributed by atoms with Crippen molar-refractivity contribution >= 4 is 0 Å². The Morgan fingerprint density at radius 3 is 2.12 bits per heavy atom. The maximum atomic E-state index is 5.60. The van der Waals surface area contributed by atoms with E-state index >= 15 is 0 Å². The molecule has 0 aliphatic rings. The van der Waals surface area contributed by atoms with Crippen LogP contribution in [0.25, 0.3) is 0 Å². The van der Waals surface area contributed by atoms with Gasteiger partial charge in [0.1, 0.15) is 0 Å². The van der Waals surface area contributed by atoms with Crippen LogP contribution in [0.15, 0.2) is 24.3 Å². The summed E-state index contributed by atoms with van der Waals surface area (Å²) in [7, 11) is 0. The van der Waals surface area contributed by atoms with E-state index in [2.05, 4.69) is 57.3 Å². The van der Waals surface area contributed by atoms with Crippen molar-refractivity contribution in [3.63, 3.8) is 0 Å². The quantitative estimate of drug-likeness (QED) is 0.782. The molecular formula is C15H25NO. The van der Waals surface area contributed by atoms with Gasteiger partial charge in [0.2, 0.25) is 0 Å². The Labute approximate surface area is 105 Å². The van der Waals surface area contributed by atoms with E-state index in [1.807, 2.05) is 0 Å². The summed E-state index contributed by atoms with van der Waals surface area (Å²) in [5, 5.41) is 3.41. The van der Waals surface area contributed by atoms with E-state index in [1.165, 1.54) is 11.1 Å². The minimum Gasteiger partial charge on any atom is -0.377 e. The topological polar surface area (TPSA) is 21.3 Å². The molecule has 1 rings (SSSR count). The van der Waals surface area contributed by atoms with Gasteiger partial charge in [0, 0.05) is 19.2 Å². The molecule has 2 nitrogen and oxygen atoms in total. The van der Waals surface area contributed by atoms with Crippen molar-refractivity contribution in [3.8, 4) is 0 Å². The van der Waals surface area contributed by atoms with Crippen LogP contribution in [0.5, 0.6) is 0 Å². The first kappa shape index (κ1) is 14.2. The third-order valence-corrected chi connectivity index (χ3v) is 2.46. The fraction of sp³-hybridized carbons (Fsp3) is 0.600. The average Bonchev–Trinajstić information content (AvgIpc) is 2.27. The Hall–Kier alpha value is -0.860. The van der Waals surface area contributed by atoms with Crippen LogP contribution in [0.3, 0.4) is 0 Å². The number of ether oxygens (including phenoxy) is 1. The summed E-state index contributed by atoms with van der Waals surface area (Å²) in [5.74, 6) is 0.601. The second-order valence-corrected chi connectivity index (χ2v) is 5.26. The molecule has 96 valence electrons. The predicted molar refractivity (Wildman–Crippen MR) is 72.9 cm³/mol. The van der Waals surface area contributed by atoms with Crippen LogP contribution in [0.2, 0.25) is 0 Å². The van der Waals surface area contributed by atoms with Gasteiger partial charge in [-0.15, -0.1) is 0 Å². The molecule has 0 aromatic heterocycles. The van der Waals surface area contributed by atoms with E-state index in [0.29, 0.717) is 12.0 Å². The van der Waals surface area contributed by atoms with Gasteiger partial charge in [0.15, 0.2) is 0 Å². The SMILES string of the molecule is CC(C)COCc1ccc(CNC(C)C)cc1. The number of nitrogens with one attached hydrogen (secondary N) is 1. The van der Waals surface area contributed by atoms with Gasteiger partial charge in [0.05, 0.1) is 6.61 Å². The van der Waals surface area contributed by atoms with Crippen molar-refractivity contribution in [3.05, 3.63) is 35.4 Å². The lowest BCUT2D eigenvalue weighted by Gasteiger charge is -2.09. The maximum absolute atomic E-state index is 5.60. The fourth-order valence-corrected chi connectivity index (χ4v) is 1.49. The maximum Gasteiger partial charge on any atom is 0.0717 e. The molecule has 0 saturated heterocycles. The monoisotopic (exact) mass is 235 g/mol. The van der Waals surface area contributed by atoms with Crippen molar-refractivity contribution in [1.82, 2.24) is 5.32 Å². The van der Waals surface area contributed by atoms with Crippen LogP contribution >= 0.6 is 0 Å². The van der Waals surface area contributed by atoms with E-state index in [-0.39, 0.29) is 0 Å². The highest BCUT2D eigenvalue weighted by atomic mass is 16.5. The Bertz CT molecular complexity index is 303. The third kappa shape index (κ3) is 6.44. The van der Waals surface area contributed by atoms with Crippen molar-refractivity contribution in [2.24, 2.45) is 5.92 Å². The molecule has 0 amide bonds. The molecule has 0 fully saturated rings. The number of hydrogen-bond donors (Lipinski definition) is 1. The normalized spacial score (nSPS) is 11.4. The molecule has 1 aromatic rings. The zero-order valence-electron chi connectivity index (χ0n) is 11.5. The molecule has 1 N–H and O–H groups in total. The fourth-order valence-electron chi connectivity index (χ4n) is 1.49. The van der Waals surface area contributed by atoms with Crippen molar-refractivity contribution in [2.45, 2.75) is 46.9 Å². The summed E-state index contributed by atoms with van der Waals surface area (Å²) >= 11 is 0. The highest BCUT2D eigenvalue weighted by molar-refractivity contribution is 5.21. The van der Waals surface area contributed by atoms with Gasteiger partial charge < -0.3 is 10.1 Å². The average molecular weight is 235 g/mol. The van der Waals surface area contributed by atoms with E-state index in [0.717, 1.165) is 19.8 Å². The minimum atomic E-state index is 0.532. The molecule has 0 atom stereocenters. The summed E-state index contributed by atoms with van der Waals surface area (Å²) in [6, 6.07) is 9.17. The van der Waals surface area contributed by atoms with Gasteiger partial charge in [-0.05, 0) is 17.0 Å². The lowest BCUT2D eigenvalue weighted by atomic mass is 10.1. The van der Waals surface area contributed by atoms with Crippen LogP contribution in [-0.2, 0) is 17.9 Å². The van der Waals surface area contributed by atoms with Crippen LogP contribution in [0.1, 0.15) is 38.8 Å². The smallest absolute Gasteiger partial charge is 0.0717 e. The lowest BCUT2D eigenvalue weighted by molar-refractivity contribution is 0.0971. The first-order valence-corrected chi connectivity index (χ1v) is 6.47. The Balaban J connectivity index is 2.34. The van der Waals surface area contributed by atoms with Gasteiger partial charge in [-0.2, -0.15) is 0 Å². The van der Waals surface area contributed by atoms with Crippen LogP contribution < -0.4 is 5.32 Å². The Morgan fingerprint density at radius 1 is 1.00 bits per heavy atom. The van der Waals surface area contributed by atoms with Crippen LogP contribution in [0.4, 0.5) is 0 Å². The molecule has 17 heavy (non-hydrogen) atoms. The summed E-state index contributed by atoms with van der Waals surface area (Å²) < 4.78 is 5.60. The Morgan fingerprint density at radius 2 is 1.59 bits per heavy atom. The molecule has 0 unspecified atom stereocenters. The standard InChI is InChI=1S/C15H25NO/c1-12(2)10-17-11-15-7-5-14(6-8-15)9-16-13(3)4/h5-8,12-13,16H,9-11H2,1-4H3. The number of hydrogen-bond acceptors (Lipinski definition) is 2. The summed E-state index contributed by atoms with van der Waals surface area (Å²) in [4.78, 5) is 0. The van der Waals surface area contributed by atoms with Gasteiger partial charge >= 0.3 is 0 Å². The largest absolute Gasteiger partial charge is 0.377 e. The summed E-state index contributed by atoms with van der Waals surface area (Å²) in [6.45, 7) is 11.1. The third-order valence-electron chi connectivity index (χ3n) is 2.46. The molecule has 0 radical (unpaired) electrons. The number of rotatable bonds is 7. The molecular weight excluding hydrogens is 210 g/mol. The minimum absolute atomic E-state index is 0.532. The van der Waals surface area contributed by atoms with Gasteiger partial charge in [-0.25, -0.2) is 0 Å². The molecule has 0 saturated carbocycles. The second kappa shape index (κ2) is 7.46. The van der Waals surface area contributed by atoms with Crippen LogP contribution in [-0.4, -0.2) is 12.6 Å². The summed E-state index contributed by atoms with van der Waals surface area (Å²) in [6.07, 6.45) is 0. The highest BCUT2D eigenvalue weighted by Crippen LogP contribution is 2.07. The van der Waals surface area contributed by atoms with Crippen molar-refractivity contribution < 1.29 is 4.74 Å². The molecule has 1 aromatic carbocycles. The molecule has 0 aliphatic heterocycles. The Kier molecular flexibility index (Phi) is 6.23. The van der Waals surface area contributed by atoms with E-state index in [4.69, 9.17) is 4.74 Å². The number of benzene rings is 1. The molecule has 2 heteroatoms. The summed E-state index contributed by atoms with van der Waals surface area (Å²) in [5.41, 5.74) is 2.57. The van der Waals surface area contributed by atoms with E-state index < -0.39 is 0 Å². The first-order chi connectivity index (χ1) is 8.08. The molecule has 0 spiro atoms. The lowest BCUT2D eigenvalue weighted by Crippen LogP contribution is -2.21. The van der Waals surface area contributed by atoms with Crippen molar-refractivity contribution in [1.29, 1.82) is 0 Å².